The molecule has 0 saturated carbocycles. The van der Waals surface area contributed by atoms with Crippen LogP contribution >= 0.6 is 0 Å². The molecule has 15 rings (SSSR count). The Morgan fingerprint density at radius 1 is 0.336 bits per heavy atom. The zero-order valence-electron chi connectivity index (χ0n) is 87.6. The first kappa shape index (κ1) is 111. The highest BCUT2D eigenvalue weighted by Gasteiger charge is 2.38. The fourth-order valence-corrected chi connectivity index (χ4v) is 18.6. The highest BCUT2D eigenvalue weighted by Crippen LogP contribution is 2.36. The minimum Gasteiger partial charge on any atom is -0.497 e. The van der Waals surface area contributed by atoms with E-state index in [1.165, 1.54) is 0 Å². The highest BCUT2D eigenvalue weighted by atomic mass is 16.5. The van der Waals surface area contributed by atoms with Gasteiger partial charge in [0, 0.05) is 123 Å². The van der Waals surface area contributed by atoms with Crippen molar-refractivity contribution in [2.24, 2.45) is 0 Å². The van der Waals surface area contributed by atoms with E-state index in [0.29, 0.717) is 170 Å². The molecule has 9 N–H and O–H groups in total. The number of nitrogens with zero attached hydrogens (tertiary/aromatic N) is 12. The van der Waals surface area contributed by atoms with Crippen molar-refractivity contribution < 1.29 is 72.7 Å². The fraction of sp³-hybridized carbons (Fsp3) is 0.379. The molecule has 9 aromatic carbocycles. The number of aryl methyl sites for hydroxylation is 3. The van der Waals surface area contributed by atoms with Gasteiger partial charge in [0.05, 0.1) is 93.0 Å². The topological polar surface area (TPSA) is 387 Å². The number of hydrogen-bond acceptors (Lipinski definition) is 18. The number of fused-ring (bicyclic) bond motifs is 3. The molecular formula is C116H142N18O15. The van der Waals surface area contributed by atoms with Gasteiger partial charge >= 0.3 is 18.1 Å². The summed E-state index contributed by atoms with van der Waals surface area (Å²) >= 11 is 0. The third kappa shape index (κ3) is 28.5. The number of amides is 12. The number of carbonyl (C=O) groups is 9. The Morgan fingerprint density at radius 3 is 0.980 bits per heavy atom. The number of anilines is 4. The Labute approximate surface area is 872 Å². The normalized spacial score (nSPS) is 13.8. The molecule has 149 heavy (non-hydrogen) atoms. The minimum atomic E-state index is -0.498. The van der Waals surface area contributed by atoms with Crippen molar-refractivity contribution in [3.8, 4) is 34.3 Å². The summed E-state index contributed by atoms with van der Waals surface area (Å²) in [6.07, 6.45) is 12.8. The molecule has 12 aromatic rings. The lowest BCUT2D eigenvalue weighted by Crippen LogP contribution is -2.46. The lowest BCUT2D eigenvalue weighted by Gasteiger charge is -2.36. The van der Waals surface area contributed by atoms with E-state index in [-0.39, 0.29) is 78.5 Å². The number of carbonyl (C=O) groups excluding carboxylic acids is 9. The standard InChI is InChI=1S/2C39H48N6O5.C38H46N6O5/c1-5-7-19-43(20-8-6-2)38(48)34-21-27(3)45(42-34)35-18-17-31(41-39(49)40-24-29-14-11-12-16-36(29)50-4)23-33(35)37(47)44-25-30-15-10-9-13-28(30)22-32(44)26-46;1-5-7-19-43(20-8-6-2)38(48)35-21-27(3)45(42-35)36-18-15-31(41-39(49)40-24-28-13-16-33(50-4)17-14-28)23-34(36)37(47)44-25-30-12-10-9-11-29(30)22-32(44)26-46;1-5-7-18-42(19-8-6-2)37(47)34-20-26(3)44(41-34)35-17-16-30(40-38(48)39-29-14-11-15-32(22-29)49-4)23-33(35)36(46)43-24-28-13-10-9-12-27(28)21-31(43)25-45/h2*9-18,21,23,32,46H,5-8,19-20,22,24-26H2,1-4H3,(H2,40,41,49);9-17,20,22-23,31,45H,5-8,18-19,21,24-25H2,1-4H3,(H2,39,40,48)/t2*32-;31-/m000/s1. The van der Waals surface area contributed by atoms with Crippen LogP contribution in [0.4, 0.5) is 37.1 Å². The van der Waals surface area contributed by atoms with E-state index in [1.54, 1.807) is 147 Å². The van der Waals surface area contributed by atoms with E-state index in [1.807, 2.05) is 157 Å². The minimum absolute atomic E-state index is 0.138. The predicted octanol–water partition coefficient (Wildman–Crippen LogP) is 18.7. The van der Waals surface area contributed by atoms with Crippen molar-refractivity contribution in [3.63, 3.8) is 0 Å². The lowest BCUT2D eigenvalue weighted by atomic mass is 9.93. The molecule has 0 aliphatic carbocycles. The van der Waals surface area contributed by atoms with Crippen LogP contribution in [0, 0.1) is 20.8 Å². The summed E-state index contributed by atoms with van der Waals surface area (Å²) in [6, 6.07) is 63.3. The highest BCUT2D eigenvalue weighted by molar-refractivity contribution is 6.05. The Morgan fingerprint density at radius 2 is 0.651 bits per heavy atom. The summed E-state index contributed by atoms with van der Waals surface area (Å²) in [7, 11) is 4.73. The molecular weight excluding hydrogens is 1890 g/mol. The molecule has 3 atom stereocenters. The van der Waals surface area contributed by atoms with Crippen LogP contribution in [0.25, 0.3) is 17.1 Å². The van der Waals surface area contributed by atoms with Gasteiger partial charge in [-0.25, -0.2) is 28.4 Å². The lowest BCUT2D eigenvalue weighted by molar-refractivity contribution is 0.0539. The maximum Gasteiger partial charge on any atom is 0.323 e. The van der Waals surface area contributed by atoms with E-state index in [0.717, 1.165) is 127 Å². The Bertz CT molecular complexity index is 6590. The molecule has 3 aliphatic heterocycles. The summed E-state index contributed by atoms with van der Waals surface area (Å²) in [4.78, 5) is 134. The van der Waals surface area contributed by atoms with Gasteiger partial charge in [-0.2, -0.15) is 15.3 Å². The predicted molar refractivity (Wildman–Crippen MR) is 578 cm³/mol. The van der Waals surface area contributed by atoms with E-state index in [2.05, 4.69) is 73.4 Å². The Balaban J connectivity index is 0.000000186. The number of nitrogens with one attached hydrogen (secondary N) is 6. The Kier molecular flexibility index (Phi) is 40.3. The number of aromatic nitrogens is 6. The van der Waals surface area contributed by atoms with Gasteiger partial charge in [-0.15, -0.1) is 0 Å². The first-order valence-corrected chi connectivity index (χ1v) is 51.8. The van der Waals surface area contributed by atoms with Crippen LogP contribution in [0.1, 0.15) is 243 Å². The van der Waals surface area contributed by atoms with E-state index >= 15 is 0 Å². The van der Waals surface area contributed by atoms with Gasteiger partial charge in [0.25, 0.3) is 35.4 Å². The van der Waals surface area contributed by atoms with Gasteiger partial charge in [0.15, 0.2) is 17.1 Å². The zero-order chi connectivity index (χ0) is 106. The average Bonchev–Trinajstić information content (AvgIpc) is 1.75. The number of benzene rings is 9. The molecule has 3 aliphatic rings. The first-order chi connectivity index (χ1) is 72.3. The van der Waals surface area contributed by atoms with Crippen LogP contribution in [-0.2, 0) is 52.0 Å². The summed E-state index contributed by atoms with van der Waals surface area (Å²) in [5.41, 5.74) is 15.0. The van der Waals surface area contributed by atoms with Crippen molar-refractivity contribution in [1.82, 2.24) is 69.4 Å². The van der Waals surface area contributed by atoms with Crippen LogP contribution in [0.3, 0.4) is 0 Å². The number of aliphatic hydroxyl groups excluding tert-OH is 3. The maximum atomic E-state index is 14.5. The SMILES string of the molecule is CCCCN(CCCC)C(=O)c1cc(C)n(-c2ccc(NC(=O)NCc3ccc(OC)cc3)cc2C(=O)N2Cc3ccccc3C[C@H]2CO)n1.CCCCN(CCCC)C(=O)c1cc(C)n(-c2ccc(NC(=O)NCc3ccccc3OC)cc2C(=O)N2Cc3ccccc3C[C@H]2CO)n1.CCCCN(CCCC)C(=O)c1cc(C)n(-c2ccc(NC(=O)Nc3cccc(OC)c3)cc2C(=O)N2Cc3ccccc3C[C@H]2CO)n1. The van der Waals surface area contributed by atoms with Crippen molar-refractivity contribution in [2.75, 3.05) is 102 Å². The van der Waals surface area contributed by atoms with Gasteiger partial charge in [-0.3, -0.25) is 28.8 Å². The number of methoxy groups -OCH3 is 3. The van der Waals surface area contributed by atoms with Crippen molar-refractivity contribution in [3.05, 3.63) is 314 Å². The van der Waals surface area contributed by atoms with Crippen LogP contribution < -0.4 is 46.1 Å². The fourth-order valence-electron chi connectivity index (χ4n) is 18.6. The number of ether oxygens (including phenoxy) is 3. The van der Waals surface area contributed by atoms with E-state index in [4.69, 9.17) is 29.5 Å². The van der Waals surface area contributed by atoms with E-state index < -0.39 is 36.2 Å². The molecule has 33 heteroatoms. The summed E-state index contributed by atoms with van der Waals surface area (Å²) < 4.78 is 20.7. The van der Waals surface area contributed by atoms with Crippen molar-refractivity contribution >= 4 is 76.3 Å². The van der Waals surface area contributed by atoms with Gasteiger partial charge in [0.2, 0.25) is 0 Å². The molecule has 0 spiro atoms. The quantitative estimate of drug-likeness (QED) is 0.0172. The van der Waals surface area contributed by atoms with E-state index in [9.17, 15) is 58.5 Å². The van der Waals surface area contributed by atoms with Crippen LogP contribution in [0.2, 0.25) is 0 Å². The van der Waals surface area contributed by atoms with Crippen LogP contribution in [-0.4, -0.2) is 226 Å². The molecule has 12 amide bonds. The third-order valence-corrected chi connectivity index (χ3v) is 27.1. The maximum absolute atomic E-state index is 14.5. The summed E-state index contributed by atoms with van der Waals surface area (Å²) in [5, 5.41) is 62.4. The molecule has 786 valence electrons. The van der Waals surface area contributed by atoms with Crippen LogP contribution in [0.15, 0.2) is 218 Å². The summed E-state index contributed by atoms with van der Waals surface area (Å²) in [5.74, 6) is 0.619. The molecule has 0 unspecified atom stereocenters. The Hall–Kier alpha value is -15.5. The van der Waals surface area contributed by atoms with Crippen LogP contribution in [0.5, 0.6) is 17.2 Å². The summed E-state index contributed by atoms with van der Waals surface area (Å²) in [6.45, 7) is 23.0. The molecule has 0 fully saturated rings. The van der Waals surface area contributed by atoms with Gasteiger partial charge in [-0.1, -0.05) is 189 Å². The van der Waals surface area contributed by atoms with Crippen molar-refractivity contribution in [2.45, 2.75) is 209 Å². The number of rotatable bonds is 41. The number of aliphatic hydroxyl groups is 3. The second-order valence-electron chi connectivity index (χ2n) is 37.8. The molecule has 6 heterocycles. The van der Waals surface area contributed by atoms with Gasteiger partial charge in [0.1, 0.15) is 17.2 Å². The molecule has 33 nitrogen and oxygen atoms in total. The zero-order valence-corrected chi connectivity index (χ0v) is 87.6. The van der Waals surface area contributed by atoms with Gasteiger partial charge in [-0.05, 0) is 221 Å². The largest absolute Gasteiger partial charge is 0.497 e. The van der Waals surface area contributed by atoms with Crippen molar-refractivity contribution in [1.29, 1.82) is 0 Å². The number of unbranched alkanes of at least 4 members (excludes halogenated alkanes) is 6. The number of hydrogen-bond donors (Lipinski definition) is 9. The monoisotopic (exact) mass is 2030 g/mol. The smallest absolute Gasteiger partial charge is 0.323 e. The number of para-hydroxylation sites is 1. The molecule has 3 aromatic heterocycles. The second kappa shape index (κ2) is 54.3. The average molecular weight is 2030 g/mol. The van der Waals surface area contributed by atoms with Gasteiger partial charge < -0.3 is 90.8 Å². The molecule has 0 radical (unpaired) electrons. The molecule has 0 saturated heterocycles. The number of urea groups is 3. The third-order valence-electron chi connectivity index (χ3n) is 27.1. The first-order valence-electron chi connectivity index (χ1n) is 51.8. The molecule has 0 bridgehead atoms. The second-order valence-corrected chi connectivity index (χ2v) is 37.8.